The van der Waals surface area contributed by atoms with E-state index in [1.54, 1.807) is 23.0 Å². The SMILES string of the molecule is Cc1ccc(-n2ccc(C(=O)O)c2)cc1. The van der Waals surface area contributed by atoms with Crippen molar-refractivity contribution in [3.63, 3.8) is 0 Å². The van der Waals surface area contributed by atoms with Crippen molar-refractivity contribution < 1.29 is 9.90 Å². The number of benzene rings is 1. The topological polar surface area (TPSA) is 42.2 Å². The Morgan fingerprint density at radius 3 is 2.40 bits per heavy atom. The zero-order valence-electron chi connectivity index (χ0n) is 8.34. The Balaban J connectivity index is 2.37. The lowest BCUT2D eigenvalue weighted by Gasteiger charge is -2.02. The van der Waals surface area contributed by atoms with Gasteiger partial charge in [0.05, 0.1) is 5.56 Å². The van der Waals surface area contributed by atoms with Gasteiger partial charge in [-0.2, -0.15) is 0 Å². The number of carboxylic acid groups (broad SMARTS) is 1. The first kappa shape index (κ1) is 9.52. The lowest BCUT2D eigenvalue weighted by molar-refractivity contribution is 0.0697. The molecule has 15 heavy (non-hydrogen) atoms. The van der Waals surface area contributed by atoms with Gasteiger partial charge in [-0.15, -0.1) is 0 Å². The van der Waals surface area contributed by atoms with Crippen LogP contribution in [0.4, 0.5) is 0 Å². The first-order valence-electron chi connectivity index (χ1n) is 4.65. The molecule has 0 aliphatic rings. The largest absolute Gasteiger partial charge is 0.478 e. The molecule has 1 N–H and O–H groups in total. The molecule has 76 valence electrons. The summed E-state index contributed by atoms with van der Waals surface area (Å²) >= 11 is 0. The average Bonchev–Trinajstić information content (AvgIpc) is 2.68. The number of nitrogens with zero attached hydrogens (tertiary/aromatic N) is 1. The highest BCUT2D eigenvalue weighted by molar-refractivity contribution is 5.87. The third-order valence-corrected chi connectivity index (χ3v) is 2.27. The van der Waals surface area contributed by atoms with Crippen molar-refractivity contribution in [3.05, 3.63) is 53.9 Å². The van der Waals surface area contributed by atoms with Crippen molar-refractivity contribution in [2.45, 2.75) is 6.92 Å². The number of hydrogen-bond donors (Lipinski definition) is 1. The van der Waals surface area contributed by atoms with Crippen molar-refractivity contribution in [2.75, 3.05) is 0 Å². The smallest absolute Gasteiger partial charge is 0.337 e. The molecule has 0 saturated heterocycles. The fourth-order valence-corrected chi connectivity index (χ4v) is 1.40. The molecule has 0 spiro atoms. The predicted molar refractivity (Wildman–Crippen MR) is 57.5 cm³/mol. The van der Waals surface area contributed by atoms with E-state index in [2.05, 4.69) is 0 Å². The summed E-state index contributed by atoms with van der Waals surface area (Å²) in [6.07, 6.45) is 3.35. The molecule has 0 atom stereocenters. The standard InChI is InChI=1S/C12H11NO2/c1-9-2-4-11(5-3-9)13-7-6-10(8-13)12(14)15/h2-8H,1H3,(H,14,15). The van der Waals surface area contributed by atoms with Crippen LogP contribution in [0, 0.1) is 6.92 Å². The van der Waals surface area contributed by atoms with E-state index in [1.807, 2.05) is 31.2 Å². The highest BCUT2D eigenvalue weighted by atomic mass is 16.4. The molecule has 1 aromatic carbocycles. The number of hydrogen-bond acceptors (Lipinski definition) is 1. The lowest BCUT2D eigenvalue weighted by Crippen LogP contribution is -1.94. The molecule has 0 amide bonds. The van der Waals surface area contributed by atoms with Crippen LogP contribution in [0.2, 0.25) is 0 Å². The molecule has 3 heteroatoms. The number of carbonyl (C=O) groups is 1. The summed E-state index contributed by atoms with van der Waals surface area (Å²) in [6, 6.07) is 9.50. The van der Waals surface area contributed by atoms with Gasteiger partial charge in [0.1, 0.15) is 0 Å². The second-order valence-corrected chi connectivity index (χ2v) is 3.45. The number of aryl methyl sites for hydroxylation is 1. The zero-order chi connectivity index (χ0) is 10.8. The van der Waals surface area contributed by atoms with E-state index in [1.165, 1.54) is 5.56 Å². The van der Waals surface area contributed by atoms with Crippen LogP contribution in [0.15, 0.2) is 42.7 Å². The second kappa shape index (κ2) is 3.61. The van der Waals surface area contributed by atoms with Gasteiger partial charge in [-0.05, 0) is 25.1 Å². The molecule has 0 radical (unpaired) electrons. The monoisotopic (exact) mass is 201 g/mol. The summed E-state index contributed by atoms with van der Waals surface area (Å²) in [6.45, 7) is 2.02. The molecular formula is C12H11NO2. The zero-order valence-corrected chi connectivity index (χ0v) is 8.34. The summed E-state index contributed by atoms with van der Waals surface area (Å²) in [5.74, 6) is -0.902. The molecule has 2 rings (SSSR count). The van der Waals surface area contributed by atoms with Crippen LogP contribution in [0.25, 0.3) is 5.69 Å². The fraction of sp³-hybridized carbons (Fsp3) is 0.0833. The van der Waals surface area contributed by atoms with Gasteiger partial charge in [0, 0.05) is 18.1 Å². The molecule has 1 aromatic heterocycles. The van der Waals surface area contributed by atoms with Crippen LogP contribution in [0.5, 0.6) is 0 Å². The Morgan fingerprint density at radius 1 is 1.20 bits per heavy atom. The van der Waals surface area contributed by atoms with E-state index in [-0.39, 0.29) is 0 Å². The van der Waals surface area contributed by atoms with Crippen LogP contribution in [-0.2, 0) is 0 Å². The summed E-state index contributed by atoms with van der Waals surface area (Å²) < 4.78 is 1.79. The molecule has 1 heterocycles. The van der Waals surface area contributed by atoms with Crippen LogP contribution in [-0.4, -0.2) is 15.6 Å². The Kier molecular flexibility index (Phi) is 2.29. The van der Waals surface area contributed by atoms with E-state index >= 15 is 0 Å². The summed E-state index contributed by atoms with van der Waals surface area (Å²) in [5, 5.41) is 8.78. The summed E-state index contributed by atoms with van der Waals surface area (Å²) in [4.78, 5) is 10.7. The summed E-state index contributed by atoms with van der Waals surface area (Å²) in [5.41, 5.74) is 2.45. The second-order valence-electron chi connectivity index (χ2n) is 3.45. The van der Waals surface area contributed by atoms with Gasteiger partial charge < -0.3 is 9.67 Å². The van der Waals surface area contributed by atoms with E-state index < -0.39 is 5.97 Å². The Hall–Kier alpha value is -2.03. The molecule has 0 saturated carbocycles. The van der Waals surface area contributed by atoms with E-state index in [0.29, 0.717) is 5.56 Å². The van der Waals surface area contributed by atoms with E-state index in [4.69, 9.17) is 5.11 Å². The van der Waals surface area contributed by atoms with Gasteiger partial charge in [0.15, 0.2) is 0 Å². The number of rotatable bonds is 2. The van der Waals surface area contributed by atoms with Crippen LogP contribution in [0.1, 0.15) is 15.9 Å². The van der Waals surface area contributed by atoms with Crippen LogP contribution >= 0.6 is 0 Å². The van der Waals surface area contributed by atoms with Crippen molar-refractivity contribution in [3.8, 4) is 5.69 Å². The maximum atomic E-state index is 10.7. The Bertz CT molecular complexity index is 483. The maximum absolute atomic E-state index is 10.7. The van der Waals surface area contributed by atoms with E-state index in [0.717, 1.165) is 5.69 Å². The maximum Gasteiger partial charge on any atom is 0.337 e. The molecule has 0 fully saturated rings. The number of aromatic carboxylic acids is 1. The number of carboxylic acids is 1. The molecule has 0 unspecified atom stereocenters. The first-order valence-corrected chi connectivity index (χ1v) is 4.65. The van der Waals surface area contributed by atoms with E-state index in [9.17, 15) is 4.79 Å². The molecule has 2 aromatic rings. The Labute approximate surface area is 87.6 Å². The molecule has 0 aliphatic carbocycles. The van der Waals surface area contributed by atoms with Crippen LogP contribution in [0.3, 0.4) is 0 Å². The van der Waals surface area contributed by atoms with Gasteiger partial charge in [0.2, 0.25) is 0 Å². The average molecular weight is 201 g/mol. The van der Waals surface area contributed by atoms with Gasteiger partial charge in [-0.1, -0.05) is 17.7 Å². The minimum Gasteiger partial charge on any atom is -0.478 e. The minimum atomic E-state index is -0.902. The van der Waals surface area contributed by atoms with Gasteiger partial charge >= 0.3 is 5.97 Å². The van der Waals surface area contributed by atoms with Gasteiger partial charge in [-0.25, -0.2) is 4.79 Å². The Morgan fingerprint density at radius 2 is 1.87 bits per heavy atom. The quantitative estimate of drug-likeness (QED) is 0.811. The molecule has 3 nitrogen and oxygen atoms in total. The number of aromatic nitrogens is 1. The predicted octanol–water partition coefficient (Wildman–Crippen LogP) is 2.48. The molecular weight excluding hydrogens is 190 g/mol. The van der Waals surface area contributed by atoms with Crippen molar-refractivity contribution >= 4 is 5.97 Å². The normalized spacial score (nSPS) is 10.2. The van der Waals surface area contributed by atoms with Crippen molar-refractivity contribution in [2.24, 2.45) is 0 Å². The summed E-state index contributed by atoms with van der Waals surface area (Å²) in [7, 11) is 0. The highest BCUT2D eigenvalue weighted by Gasteiger charge is 2.04. The minimum absolute atomic E-state index is 0.301. The van der Waals surface area contributed by atoms with Gasteiger partial charge in [-0.3, -0.25) is 0 Å². The van der Waals surface area contributed by atoms with Crippen molar-refractivity contribution in [1.82, 2.24) is 4.57 Å². The van der Waals surface area contributed by atoms with Crippen molar-refractivity contribution in [1.29, 1.82) is 0 Å². The fourth-order valence-electron chi connectivity index (χ4n) is 1.40. The lowest BCUT2D eigenvalue weighted by atomic mass is 10.2. The van der Waals surface area contributed by atoms with Gasteiger partial charge in [0.25, 0.3) is 0 Å². The molecule has 0 aliphatic heterocycles. The molecule has 0 bridgehead atoms. The van der Waals surface area contributed by atoms with Crippen LogP contribution < -0.4 is 0 Å². The highest BCUT2D eigenvalue weighted by Crippen LogP contribution is 2.11. The third-order valence-electron chi connectivity index (χ3n) is 2.27. The first-order chi connectivity index (χ1) is 7.16. The third kappa shape index (κ3) is 1.91.